The summed E-state index contributed by atoms with van der Waals surface area (Å²) in [5.41, 5.74) is 0. The zero-order valence-electron chi connectivity index (χ0n) is 6.04. The van der Waals surface area contributed by atoms with Gasteiger partial charge in [-0.05, 0) is 6.90 Å². The van der Waals surface area contributed by atoms with Gasteiger partial charge in [0.15, 0.2) is 5.78 Å². The van der Waals surface area contributed by atoms with Gasteiger partial charge in [-0.3, -0.25) is 4.79 Å². The van der Waals surface area contributed by atoms with Gasteiger partial charge in [0, 0.05) is 7.79 Å². The lowest BCUT2D eigenvalue weighted by molar-refractivity contribution is -0.144. The van der Waals surface area contributed by atoms with Gasteiger partial charge in [-0.15, -0.1) is 0 Å². The summed E-state index contributed by atoms with van der Waals surface area (Å²) in [6.45, 7) is 0.298. The van der Waals surface area contributed by atoms with Crippen LogP contribution in [-0.2, 0) is 9.53 Å². The van der Waals surface area contributed by atoms with Crippen molar-refractivity contribution in [3.05, 3.63) is 0 Å². The van der Waals surface area contributed by atoms with Crippen LogP contribution in [0.3, 0.4) is 0 Å². The molecule has 1 aliphatic rings. The summed E-state index contributed by atoms with van der Waals surface area (Å²) in [5, 5.41) is 9.04. The molecule has 0 aromatic carbocycles. The Balaban J connectivity index is 2.51. The summed E-state index contributed by atoms with van der Waals surface area (Å²) >= 11 is 0. The molecule has 3 nitrogen and oxygen atoms in total. The van der Waals surface area contributed by atoms with Gasteiger partial charge < -0.3 is 9.84 Å². The minimum Gasteiger partial charge on any atom is -0.383 e. The Morgan fingerprint density at radius 1 is 2.00 bits per heavy atom. The maximum absolute atomic E-state index is 10.8. The first-order chi connectivity index (χ1) is 4.75. The van der Waals surface area contributed by atoms with E-state index >= 15 is 0 Å². The second-order valence-electron chi connectivity index (χ2n) is 2.07. The first-order valence-corrected chi connectivity index (χ1v) is 2.87. The molecule has 0 saturated carbocycles. The number of carbonyl (C=O) groups excluding carboxylic acids is 1. The average Bonchev–Trinajstić information content (AvgIpc) is 1.95. The summed E-state index contributed by atoms with van der Waals surface area (Å²) in [6, 6.07) is 0. The van der Waals surface area contributed by atoms with Gasteiger partial charge in [-0.1, -0.05) is 0 Å². The van der Waals surface area contributed by atoms with Crippen LogP contribution in [0.25, 0.3) is 0 Å². The Morgan fingerprint density at radius 2 is 2.78 bits per heavy atom. The van der Waals surface area contributed by atoms with E-state index < -0.39 is 12.2 Å². The summed E-state index contributed by atoms with van der Waals surface area (Å²) in [4.78, 5) is 10.8. The van der Waals surface area contributed by atoms with Crippen molar-refractivity contribution >= 4 is 5.78 Å². The Hall–Kier alpha value is -0.410. The average molecular weight is 131 g/mol. The fourth-order valence-corrected chi connectivity index (χ4v) is 0.757. The van der Waals surface area contributed by atoms with E-state index in [-0.39, 0.29) is 19.1 Å². The first-order valence-electron chi connectivity index (χ1n) is 3.58. The van der Waals surface area contributed by atoms with Crippen LogP contribution in [0.15, 0.2) is 0 Å². The molecule has 1 fully saturated rings. The van der Waals surface area contributed by atoms with Crippen LogP contribution in [0.1, 0.15) is 14.7 Å². The molecule has 52 valence electrons. The van der Waals surface area contributed by atoms with Crippen LogP contribution in [0.2, 0.25) is 0 Å². The highest BCUT2D eigenvalue weighted by Gasteiger charge is 2.26. The minimum absolute atomic E-state index is 0.0487. The SMILES string of the molecule is [2H]C[C@H]1OCCC(=O)[C@@H]1O. The van der Waals surface area contributed by atoms with Crippen molar-refractivity contribution in [2.75, 3.05) is 6.61 Å². The van der Waals surface area contributed by atoms with Crippen molar-refractivity contribution in [1.29, 1.82) is 0 Å². The number of ketones is 1. The molecular formula is C6H10O3. The highest BCUT2D eigenvalue weighted by atomic mass is 16.5. The summed E-state index contributed by atoms with van der Waals surface area (Å²) in [6.07, 6.45) is -1.38. The fraction of sp³-hybridized carbons (Fsp3) is 0.833. The van der Waals surface area contributed by atoms with Crippen LogP contribution in [0.5, 0.6) is 0 Å². The minimum atomic E-state index is -1.06. The molecule has 1 aliphatic heterocycles. The van der Waals surface area contributed by atoms with Crippen LogP contribution in [-0.4, -0.2) is 29.7 Å². The molecule has 1 saturated heterocycles. The molecule has 0 bridgehead atoms. The third kappa shape index (κ3) is 1.28. The first kappa shape index (κ1) is 5.38. The Kier molecular flexibility index (Phi) is 1.47. The molecule has 0 radical (unpaired) electrons. The maximum Gasteiger partial charge on any atom is 0.166 e. The topological polar surface area (TPSA) is 46.5 Å². The monoisotopic (exact) mass is 131 g/mol. The van der Waals surface area contributed by atoms with Crippen molar-refractivity contribution in [3.8, 4) is 0 Å². The molecule has 3 heteroatoms. The smallest absolute Gasteiger partial charge is 0.166 e. The van der Waals surface area contributed by atoms with Gasteiger partial charge in [0.1, 0.15) is 6.10 Å². The van der Waals surface area contributed by atoms with E-state index in [1.54, 1.807) is 0 Å². The van der Waals surface area contributed by atoms with Crippen molar-refractivity contribution in [1.82, 2.24) is 0 Å². The second kappa shape index (κ2) is 2.45. The van der Waals surface area contributed by atoms with E-state index in [1.165, 1.54) is 0 Å². The molecular weight excluding hydrogens is 120 g/mol. The molecule has 1 rings (SSSR count). The lowest BCUT2D eigenvalue weighted by Crippen LogP contribution is -2.39. The number of Topliss-reactive ketones (excluding diaryl/α,β-unsaturated/α-hetero) is 1. The van der Waals surface area contributed by atoms with Gasteiger partial charge in [0.2, 0.25) is 0 Å². The molecule has 2 atom stereocenters. The Bertz CT molecular complexity index is 137. The summed E-state index contributed by atoms with van der Waals surface area (Å²) in [7, 11) is 0. The van der Waals surface area contributed by atoms with Crippen molar-refractivity contribution in [2.45, 2.75) is 25.5 Å². The standard InChI is InChI=1S/C6H10O3/c1-4-6(8)5(7)2-3-9-4/h4,6,8H,2-3H2,1H3/t4-,6-/m1/s1/i1D. The van der Waals surface area contributed by atoms with E-state index in [0.29, 0.717) is 6.61 Å². The predicted octanol–water partition coefficient (Wildman–Crippen LogP) is -0.275. The van der Waals surface area contributed by atoms with Crippen molar-refractivity contribution in [3.63, 3.8) is 0 Å². The van der Waals surface area contributed by atoms with Gasteiger partial charge in [-0.25, -0.2) is 0 Å². The lowest BCUT2D eigenvalue weighted by atomic mass is 10.1. The summed E-state index contributed by atoms with van der Waals surface area (Å²) in [5.74, 6) is -0.205. The van der Waals surface area contributed by atoms with Crippen LogP contribution in [0.4, 0.5) is 0 Å². The molecule has 0 spiro atoms. The zero-order valence-corrected chi connectivity index (χ0v) is 5.04. The number of rotatable bonds is 0. The highest BCUT2D eigenvalue weighted by Crippen LogP contribution is 2.08. The Morgan fingerprint density at radius 3 is 3.33 bits per heavy atom. The number of ether oxygens (including phenoxy) is 1. The molecule has 1 heterocycles. The van der Waals surface area contributed by atoms with Gasteiger partial charge in [-0.2, -0.15) is 0 Å². The second-order valence-corrected chi connectivity index (χ2v) is 2.07. The number of hydrogen-bond donors (Lipinski definition) is 1. The quantitative estimate of drug-likeness (QED) is 0.492. The van der Waals surface area contributed by atoms with Crippen LogP contribution >= 0.6 is 0 Å². The van der Waals surface area contributed by atoms with Crippen molar-refractivity contribution < 1.29 is 16.0 Å². The van der Waals surface area contributed by atoms with Gasteiger partial charge in [0.25, 0.3) is 0 Å². The zero-order chi connectivity index (χ0) is 7.56. The predicted molar refractivity (Wildman–Crippen MR) is 31.0 cm³/mol. The largest absolute Gasteiger partial charge is 0.383 e. The summed E-state index contributed by atoms with van der Waals surface area (Å²) < 4.78 is 11.8. The van der Waals surface area contributed by atoms with E-state index in [0.717, 1.165) is 0 Å². The number of hydrogen-bond acceptors (Lipinski definition) is 3. The molecule has 9 heavy (non-hydrogen) atoms. The van der Waals surface area contributed by atoms with E-state index in [4.69, 9.17) is 11.2 Å². The normalized spacial score (nSPS) is 38.3. The molecule has 0 aromatic rings. The van der Waals surface area contributed by atoms with Crippen molar-refractivity contribution in [2.24, 2.45) is 0 Å². The lowest BCUT2D eigenvalue weighted by Gasteiger charge is -2.22. The van der Waals surface area contributed by atoms with Gasteiger partial charge in [0.05, 0.1) is 12.7 Å². The third-order valence-electron chi connectivity index (χ3n) is 1.36. The van der Waals surface area contributed by atoms with Crippen LogP contribution in [0, 0.1) is 0 Å². The molecule has 0 aromatic heterocycles. The van der Waals surface area contributed by atoms with Crippen LogP contribution < -0.4 is 0 Å². The molecule has 0 unspecified atom stereocenters. The number of aliphatic hydroxyl groups excluding tert-OH is 1. The van der Waals surface area contributed by atoms with E-state index in [9.17, 15) is 4.79 Å². The van der Waals surface area contributed by atoms with E-state index in [2.05, 4.69) is 0 Å². The molecule has 0 aliphatic carbocycles. The number of aliphatic hydroxyl groups is 1. The fourth-order valence-electron chi connectivity index (χ4n) is 0.757. The molecule has 1 N–H and O–H groups in total. The van der Waals surface area contributed by atoms with E-state index in [1.807, 2.05) is 0 Å². The van der Waals surface area contributed by atoms with Gasteiger partial charge >= 0.3 is 0 Å². The Labute approximate surface area is 55.0 Å². The third-order valence-corrected chi connectivity index (χ3v) is 1.36. The number of carbonyl (C=O) groups is 1. The molecule has 0 amide bonds. The highest BCUT2D eigenvalue weighted by molar-refractivity contribution is 5.84. The maximum atomic E-state index is 10.8.